The number of aliphatic hydroxyl groups excluding tert-OH is 1. The molecule has 1 aliphatic carbocycles. The molecule has 8 nitrogen and oxygen atoms in total. The Morgan fingerprint density at radius 1 is 1.17 bits per heavy atom. The molecule has 1 aromatic carbocycles. The quantitative estimate of drug-likeness (QED) is 0.258. The molecule has 0 spiro atoms. The van der Waals surface area contributed by atoms with E-state index in [1.165, 1.54) is 0 Å². The number of esters is 2. The summed E-state index contributed by atoms with van der Waals surface area (Å²) in [6, 6.07) is 7.79. The van der Waals surface area contributed by atoms with Crippen molar-refractivity contribution in [1.82, 2.24) is 0 Å². The van der Waals surface area contributed by atoms with Crippen LogP contribution in [0.3, 0.4) is 0 Å². The Kier molecular flexibility index (Phi) is 11.0. The third-order valence-electron chi connectivity index (χ3n) is 8.50. The molecule has 1 aromatic rings. The standard InChI is InChI=1S/C33H46O8/c1-19(30(35)20(2)13-15-26(39-8)23-10-9-11-24(16-23)38-7)12-14-25-29(31(36)21(3)18-33(25,5)6)32(37)41-27-17-28(34)40-22(27)4/h9-12,14,16,19-22,26-27,30,35H,13,15,17-18H2,1-8H3/b14-12+/t19-,20-,21+,22+,26-,27+,30-/m0/s1. The molecule has 1 fully saturated rings. The molecule has 226 valence electrons. The van der Waals surface area contributed by atoms with Crippen molar-refractivity contribution in [1.29, 1.82) is 0 Å². The van der Waals surface area contributed by atoms with Gasteiger partial charge in [0.05, 0.1) is 25.7 Å². The molecule has 1 saturated heterocycles. The molecule has 0 unspecified atom stereocenters. The predicted molar refractivity (Wildman–Crippen MR) is 155 cm³/mol. The lowest BCUT2D eigenvalue weighted by molar-refractivity contribution is -0.149. The largest absolute Gasteiger partial charge is 0.497 e. The number of benzene rings is 1. The van der Waals surface area contributed by atoms with Gasteiger partial charge in [-0.1, -0.05) is 58.9 Å². The Balaban J connectivity index is 1.75. The summed E-state index contributed by atoms with van der Waals surface area (Å²) < 4.78 is 21.8. The topological polar surface area (TPSA) is 108 Å². The number of rotatable bonds is 12. The van der Waals surface area contributed by atoms with Crippen molar-refractivity contribution in [3.8, 4) is 5.75 Å². The van der Waals surface area contributed by atoms with Crippen molar-refractivity contribution < 1.29 is 38.4 Å². The summed E-state index contributed by atoms with van der Waals surface area (Å²) in [5.74, 6) is -1.26. The average molecular weight is 571 g/mol. The van der Waals surface area contributed by atoms with Gasteiger partial charge in [-0.05, 0) is 60.8 Å². The second kappa shape index (κ2) is 13.8. The summed E-state index contributed by atoms with van der Waals surface area (Å²) in [4.78, 5) is 38.2. The first kappa shape index (κ1) is 32.5. The molecule has 3 rings (SSSR count). The minimum absolute atomic E-state index is 0.0208. The Morgan fingerprint density at radius 3 is 2.49 bits per heavy atom. The van der Waals surface area contributed by atoms with Crippen LogP contribution in [0.5, 0.6) is 5.75 Å². The molecule has 1 heterocycles. The number of methoxy groups -OCH3 is 2. The fourth-order valence-electron chi connectivity index (χ4n) is 5.93. The van der Waals surface area contributed by atoms with E-state index >= 15 is 0 Å². The highest BCUT2D eigenvalue weighted by atomic mass is 16.6. The summed E-state index contributed by atoms with van der Waals surface area (Å²) in [5, 5.41) is 11.2. The van der Waals surface area contributed by atoms with Crippen molar-refractivity contribution in [2.45, 2.75) is 91.6 Å². The van der Waals surface area contributed by atoms with Crippen LogP contribution in [0.1, 0.15) is 78.9 Å². The summed E-state index contributed by atoms with van der Waals surface area (Å²) in [6.45, 7) is 11.4. The number of hydrogen-bond acceptors (Lipinski definition) is 8. The Hall–Kier alpha value is -2.97. The summed E-state index contributed by atoms with van der Waals surface area (Å²) in [7, 11) is 3.31. The first-order valence-corrected chi connectivity index (χ1v) is 14.5. The van der Waals surface area contributed by atoms with Crippen LogP contribution in [-0.2, 0) is 28.6 Å². The van der Waals surface area contributed by atoms with Crippen LogP contribution in [0, 0.1) is 23.2 Å². The lowest BCUT2D eigenvalue weighted by atomic mass is 9.67. The van der Waals surface area contributed by atoms with E-state index in [4.69, 9.17) is 18.9 Å². The van der Waals surface area contributed by atoms with Gasteiger partial charge in [-0.3, -0.25) is 9.59 Å². The average Bonchev–Trinajstić information content (AvgIpc) is 3.24. The fourth-order valence-corrected chi connectivity index (χ4v) is 5.93. The maximum absolute atomic E-state index is 13.3. The van der Waals surface area contributed by atoms with Crippen molar-refractivity contribution in [3.63, 3.8) is 0 Å². The van der Waals surface area contributed by atoms with E-state index in [1.54, 1.807) is 27.2 Å². The number of ketones is 1. The first-order chi connectivity index (χ1) is 19.3. The minimum Gasteiger partial charge on any atom is -0.497 e. The van der Waals surface area contributed by atoms with Gasteiger partial charge in [0.1, 0.15) is 23.5 Å². The van der Waals surface area contributed by atoms with E-state index in [1.807, 2.05) is 65.0 Å². The zero-order chi connectivity index (χ0) is 30.5. The molecule has 0 amide bonds. The SMILES string of the molecule is COc1cccc([C@H](CC[C@H](C)[C@@H](O)[C@@H](C)/C=C/C2=C(C(=O)O[C@@H]3CC(=O)O[C@@H]3C)C(=O)[C@H](C)CC2(C)C)OC)c1. The monoisotopic (exact) mass is 570 g/mol. The highest BCUT2D eigenvalue weighted by Crippen LogP contribution is 2.43. The maximum atomic E-state index is 13.3. The molecule has 1 N–H and O–H groups in total. The predicted octanol–water partition coefficient (Wildman–Crippen LogP) is 5.53. The maximum Gasteiger partial charge on any atom is 0.342 e. The number of hydrogen-bond donors (Lipinski definition) is 1. The van der Waals surface area contributed by atoms with Crippen LogP contribution in [0.25, 0.3) is 0 Å². The Morgan fingerprint density at radius 2 is 1.88 bits per heavy atom. The summed E-state index contributed by atoms with van der Waals surface area (Å²) in [5.41, 5.74) is 1.17. The number of aliphatic hydroxyl groups is 1. The van der Waals surface area contributed by atoms with E-state index in [0.29, 0.717) is 12.0 Å². The highest BCUT2D eigenvalue weighted by molar-refractivity contribution is 6.19. The molecule has 8 heteroatoms. The van der Waals surface area contributed by atoms with Crippen LogP contribution in [-0.4, -0.2) is 55.4 Å². The molecule has 2 aliphatic rings. The van der Waals surface area contributed by atoms with E-state index < -0.39 is 35.7 Å². The fraction of sp³-hybridized carbons (Fsp3) is 0.606. The zero-order valence-electron chi connectivity index (χ0n) is 25.6. The molecule has 0 radical (unpaired) electrons. The van der Waals surface area contributed by atoms with Crippen molar-refractivity contribution >= 4 is 17.7 Å². The number of allylic oxidation sites excluding steroid dienone is 2. The van der Waals surface area contributed by atoms with Gasteiger partial charge in [0.25, 0.3) is 0 Å². The van der Waals surface area contributed by atoms with Crippen molar-refractivity contribution in [2.24, 2.45) is 23.2 Å². The van der Waals surface area contributed by atoms with Gasteiger partial charge in [-0.2, -0.15) is 0 Å². The molecule has 0 saturated carbocycles. The molecule has 7 atom stereocenters. The smallest absolute Gasteiger partial charge is 0.342 e. The summed E-state index contributed by atoms with van der Waals surface area (Å²) in [6.07, 6.45) is 3.63. The molecular formula is C33H46O8. The second-order valence-corrected chi connectivity index (χ2v) is 12.2. The van der Waals surface area contributed by atoms with E-state index in [2.05, 4.69) is 0 Å². The van der Waals surface area contributed by atoms with E-state index in [0.717, 1.165) is 24.2 Å². The number of ether oxygens (including phenoxy) is 4. The van der Waals surface area contributed by atoms with Crippen LogP contribution < -0.4 is 4.74 Å². The normalized spacial score (nSPS) is 25.5. The Labute approximate surface area is 244 Å². The van der Waals surface area contributed by atoms with Gasteiger partial charge < -0.3 is 24.1 Å². The van der Waals surface area contributed by atoms with E-state index in [-0.39, 0.29) is 41.6 Å². The number of cyclic esters (lactones) is 1. The van der Waals surface area contributed by atoms with E-state index in [9.17, 15) is 19.5 Å². The second-order valence-electron chi connectivity index (χ2n) is 12.2. The minimum atomic E-state index is -0.728. The van der Waals surface area contributed by atoms with Gasteiger partial charge in [0.2, 0.25) is 0 Å². The number of carbonyl (C=O) groups excluding carboxylic acids is 3. The molecule has 0 bridgehead atoms. The molecule has 41 heavy (non-hydrogen) atoms. The highest BCUT2D eigenvalue weighted by Gasteiger charge is 2.43. The summed E-state index contributed by atoms with van der Waals surface area (Å²) >= 11 is 0. The van der Waals surface area contributed by atoms with Crippen LogP contribution in [0.2, 0.25) is 0 Å². The van der Waals surface area contributed by atoms with Gasteiger partial charge in [-0.25, -0.2) is 4.79 Å². The molecule has 0 aromatic heterocycles. The number of carbonyl (C=O) groups is 3. The van der Waals surface area contributed by atoms with Crippen molar-refractivity contribution in [3.05, 3.63) is 53.1 Å². The first-order valence-electron chi connectivity index (χ1n) is 14.5. The van der Waals surface area contributed by atoms with Crippen LogP contribution in [0.4, 0.5) is 0 Å². The van der Waals surface area contributed by atoms with Gasteiger partial charge in [0, 0.05) is 18.9 Å². The lowest BCUT2D eigenvalue weighted by Gasteiger charge is -2.36. The zero-order valence-corrected chi connectivity index (χ0v) is 25.6. The number of Topliss-reactive ketones (excluding diaryl/α,β-unsaturated/α-hetero) is 1. The third-order valence-corrected chi connectivity index (χ3v) is 8.50. The van der Waals surface area contributed by atoms with Gasteiger partial charge in [0.15, 0.2) is 5.78 Å². The van der Waals surface area contributed by atoms with Crippen molar-refractivity contribution in [2.75, 3.05) is 14.2 Å². The van der Waals surface area contributed by atoms with Gasteiger partial charge >= 0.3 is 11.9 Å². The van der Waals surface area contributed by atoms with Gasteiger partial charge in [-0.15, -0.1) is 0 Å². The molecule has 1 aliphatic heterocycles. The van der Waals surface area contributed by atoms with Crippen LogP contribution >= 0.6 is 0 Å². The molecular weight excluding hydrogens is 524 g/mol. The third kappa shape index (κ3) is 7.86. The Bertz CT molecular complexity index is 1170. The lowest BCUT2D eigenvalue weighted by Crippen LogP contribution is -2.37. The van der Waals surface area contributed by atoms with Crippen LogP contribution in [0.15, 0.2) is 47.6 Å².